The van der Waals surface area contributed by atoms with Gasteiger partial charge in [0.1, 0.15) is 6.29 Å². The van der Waals surface area contributed by atoms with Crippen molar-refractivity contribution in [3.8, 4) is 11.5 Å². The number of rotatable bonds is 4. The van der Waals surface area contributed by atoms with Crippen molar-refractivity contribution >= 4 is 46.4 Å². The molecule has 0 N–H and O–H groups in total. The first-order chi connectivity index (χ1) is 10.1. The predicted octanol–water partition coefficient (Wildman–Crippen LogP) is 3.98. The number of hydrogen-bond donors (Lipinski definition) is 0. The average molecular weight is 417 g/mol. The highest BCUT2D eigenvalue weighted by atomic mass is 127. The molecule has 0 fully saturated rings. The Morgan fingerprint density at radius 1 is 1.29 bits per heavy atom. The summed E-state index contributed by atoms with van der Waals surface area (Å²) in [5, 5.41) is 0.135. The van der Waals surface area contributed by atoms with Gasteiger partial charge in [0, 0.05) is 9.13 Å². The number of hydrogen-bond acceptors (Lipinski definition) is 4. The van der Waals surface area contributed by atoms with Crippen molar-refractivity contribution in [2.24, 2.45) is 0 Å². The Bertz CT molecular complexity index is 700. The lowest BCUT2D eigenvalue weighted by atomic mass is 10.2. The molecule has 0 amide bonds. The van der Waals surface area contributed by atoms with Gasteiger partial charge in [-0.25, -0.2) is 4.79 Å². The van der Waals surface area contributed by atoms with Crippen LogP contribution in [-0.2, 0) is 0 Å². The third-order valence-corrected chi connectivity index (χ3v) is 3.90. The zero-order valence-corrected chi connectivity index (χ0v) is 13.8. The van der Waals surface area contributed by atoms with E-state index in [9.17, 15) is 9.59 Å². The summed E-state index contributed by atoms with van der Waals surface area (Å²) in [6.45, 7) is 0. The topological polar surface area (TPSA) is 52.6 Å². The molecule has 0 bridgehead atoms. The molecular weight excluding hydrogens is 407 g/mol. The van der Waals surface area contributed by atoms with Crippen LogP contribution in [0.25, 0.3) is 0 Å². The van der Waals surface area contributed by atoms with Gasteiger partial charge in [0.05, 0.1) is 17.7 Å². The molecule has 2 aromatic carbocycles. The van der Waals surface area contributed by atoms with Crippen molar-refractivity contribution in [2.45, 2.75) is 0 Å². The van der Waals surface area contributed by atoms with E-state index in [1.165, 1.54) is 19.2 Å². The number of ether oxygens (including phenoxy) is 2. The molecule has 6 heteroatoms. The van der Waals surface area contributed by atoms with Gasteiger partial charge in [-0.3, -0.25) is 4.79 Å². The third kappa shape index (κ3) is 3.54. The van der Waals surface area contributed by atoms with Crippen LogP contribution in [0.1, 0.15) is 20.7 Å². The highest BCUT2D eigenvalue weighted by Crippen LogP contribution is 2.36. The van der Waals surface area contributed by atoms with Crippen LogP contribution in [0.5, 0.6) is 11.5 Å². The molecule has 4 nitrogen and oxygen atoms in total. The van der Waals surface area contributed by atoms with Gasteiger partial charge < -0.3 is 9.47 Å². The van der Waals surface area contributed by atoms with E-state index < -0.39 is 5.97 Å². The van der Waals surface area contributed by atoms with Gasteiger partial charge >= 0.3 is 5.97 Å². The molecular formula is C15H10ClIO4. The van der Waals surface area contributed by atoms with Gasteiger partial charge in [-0.2, -0.15) is 0 Å². The fourth-order valence-electron chi connectivity index (χ4n) is 1.68. The summed E-state index contributed by atoms with van der Waals surface area (Å²) in [4.78, 5) is 23.0. The number of benzene rings is 2. The molecule has 0 unspecified atom stereocenters. The Kier molecular flexibility index (Phi) is 5.19. The molecule has 108 valence electrons. The molecule has 0 atom stereocenters. The summed E-state index contributed by atoms with van der Waals surface area (Å²) in [6.07, 6.45) is 0.639. The molecule has 0 aliphatic carbocycles. The van der Waals surface area contributed by atoms with Crippen LogP contribution in [0.2, 0.25) is 5.02 Å². The maximum absolute atomic E-state index is 12.2. The fourth-order valence-corrected chi connectivity index (χ4v) is 2.55. The minimum atomic E-state index is -0.543. The van der Waals surface area contributed by atoms with E-state index in [1.54, 1.807) is 18.2 Å². The average Bonchev–Trinajstić information content (AvgIpc) is 2.49. The van der Waals surface area contributed by atoms with Crippen molar-refractivity contribution < 1.29 is 19.1 Å². The number of halogens is 2. The first-order valence-corrected chi connectivity index (χ1v) is 7.32. The van der Waals surface area contributed by atoms with Crippen molar-refractivity contribution in [3.05, 3.63) is 56.1 Å². The molecule has 0 saturated carbocycles. The van der Waals surface area contributed by atoms with Crippen molar-refractivity contribution in [1.82, 2.24) is 0 Å². The Morgan fingerprint density at radius 3 is 2.62 bits per heavy atom. The third-order valence-electron chi connectivity index (χ3n) is 2.68. The van der Waals surface area contributed by atoms with Crippen molar-refractivity contribution in [2.75, 3.05) is 7.11 Å². The SMILES string of the molecule is COc1cc(C=O)cc(Cl)c1OC(=O)c1ccccc1I. The lowest BCUT2D eigenvalue weighted by molar-refractivity contribution is 0.0728. The second-order valence-corrected chi connectivity index (χ2v) is 5.59. The number of esters is 1. The van der Waals surface area contributed by atoms with Crippen LogP contribution in [0.4, 0.5) is 0 Å². The highest BCUT2D eigenvalue weighted by Gasteiger charge is 2.18. The van der Waals surface area contributed by atoms with E-state index in [2.05, 4.69) is 0 Å². The maximum Gasteiger partial charge on any atom is 0.344 e. The monoisotopic (exact) mass is 416 g/mol. The highest BCUT2D eigenvalue weighted by molar-refractivity contribution is 14.1. The van der Waals surface area contributed by atoms with Crippen LogP contribution >= 0.6 is 34.2 Å². The lowest BCUT2D eigenvalue weighted by Crippen LogP contribution is -2.11. The van der Waals surface area contributed by atoms with E-state index in [0.717, 1.165) is 3.57 Å². The van der Waals surface area contributed by atoms with Gasteiger partial charge in [-0.15, -0.1) is 0 Å². The molecule has 0 radical (unpaired) electrons. The second kappa shape index (κ2) is 6.91. The van der Waals surface area contributed by atoms with Crippen LogP contribution in [0.15, 0.2) is 36.4 Å². The number of carbonyl (C=O) groups excluding carboxylic acids is 2. The fraction of sp³-hybridized carbons (Fsp3) is 0.0667. The van der Waals surface area contributed by atoms with Crippen LogP contribution in [-0.4, -0.2) is 19.4 Å². The van der Waals surface area contributed by atoms with E-state index in [4.69, 9.17) is 21.1 Å². The standard InChI is InChI=1S/C15H10ClIO4/c1-20-13-7-9(8-18)6-11(16)14(13)21-15(19)10-4-2-3-5-12(10)17/h2-8H,1H3. The van der Waals surface area contributed by atoms with E-state index >= 15 is 0 Å². The molecule has 2 aromatic rings. The summed E-state index contributed by atoms with van der Waals surface area (Å²) < 4.78 is 11.2. The van der Waals surface area contributed by atoms with Gasteiger partial charge in [0.2, 0.25) is 0 Å². The second-order valence-electron chi connectivity index (χ2n) is 4.02. The van der Waals surface area contributed by atoms with Crippen LogP contribution in [0, 0.1) is 3.57 Å². The molecule has 2 rings (SSSR count). The van der Waals surface area contributed by atoms with Gasteiger partial charge in [0.15, 0.2) is 11.5 Å². The normalized spacial score (nSPS) is 10.0. The predicted molar refractivity (Wildman–Crippen MR) is 87.5 cm³/mol. The van der Waals surface area contributed by atoms with Gasteiger partial charge in [-0.05, 0) is 46.9 Å². The molecule has 0 heterocycles. The molecule has 0 spiro atoms. The zero-order chi connectivity index (χ0) is 15.4. The number of aldehydes is 1. The summed E-state index contributed by atoms with van der Waals surface area (Å²) in [6, 6.07) is 9.89. The quantitative estimate of drug-likeness (QED) is 0.327. The van der Waals surface area contributed by atoms with Crippen molar-refractivity contribution in [1.29, 1.82) is 0 Å². The molecule has 0 saturated heterocycles. The smallest absolute Gasteiger partial charge is 0.344 e. The Hall–Kier alpha value is -1.60. The summed E-state index contributed by atoms with van der Waals surface area (Å²) in [5.41, 5.74) is 0.765. The number of methoxy groups -OCH3 is 1. The first-order valence-electron chi connectivity index (χ1n) is 5.86. The molecule has 0 aliphatic heterocycles. The lowest BCUT2D eigenvalue weighted by Gasteiger charge is -2.12. The summed E-state index contributed by atoms with van der Waals surface area (Å²) in [5.74, 6) is -0.225. The minimum Gasteiger partial charge on any atom is -0.493 e. The van der Waals surface area contributed by atoms with E-state index in [-0.39, 0.29) is 16.5 Å². The van der Waals surface area contributed by atoms with Crippen LogP contribution in [0.3, 0.4) is 0 Å². The Morgan fingerprint density at radius 2 is 2.00 bits per heavy atom. The van der Waals surface area contributed by atoms with Crippen LogP contribution < -0.4 is 9.47 Å². The summed E-state index contributed by atoms with van der Waals surface area (Å²) >= 11 is 8.09. The van der Waals surface area contributed by atoms with E-state index in [0.29, 0.717) is 17.4 Å². The van der Waals surface area contributed by atoms with Crippen molar-refractivity contribution in [3.63, 3.8) is 0 Å². The number of carbonyl (C=O) groups is 2. The first kappa shape index (κ1) is 15.8. The zero-order valence-electron chi connectivity index (χ0n) is 10.9. The molecule has 0 aliphatic rings. The maximum atomic E-state index is 12.2. The Labute approximate surface area is 140 Å². The van der Waals surface area contributed by atoms with Gasteiger partial charge in [0.25, 0.3) is 0 Å². The summed E-state index contributed by atoms with van der Waals surface area (Å²) in [7, 11) is 1.41. The molecule has 21 heavy (non-hydrogen) atoms. The Balaban J connectivity index is 2.38. The largest absolute Gasteiger partial charge is 0.493 e. The minimum absolute atomic E-state index is 0.0921. The van der Waals surface area contributed by atoms with Gasteiger partial charge in [-0.1, -0.05) is 23.7 Å². The molecule has 0 aromatic heterocycles. The van der Waals surface area contributed by atoms with E-state index in [1.807, 2.05) is 28.7 Å².